The van der Waals surface area contributed by atoms with Crippen LogP contribution in [0, 0.1) is 19.8 Å². The van der Waals surface area contributed by atoms with Crippen molar-refractivity contribution >= 4 is 0 Å². The molecule has 0 aliphatic carbocycles. The number of hydrogen-bond donors (Lipinski definition) is 1. The van der Waals surface area contributed by atoms with Gasteiger partial charge in [-0.15, -0.1) is 0 Å². The van der Waals surface area contributed by atoms with Crippen molar-refractivity contribution in [2.75, 3.05) is 19.7 Å². The summed E-state index contributed by atoms with van der Waals surface area (Å²) in [5, 5.41) is 3.31. The van der Waals surface area contributed by atoms with Crippen LogP contribution in [0.1, 0.15) is 17.8 Å². The van der Waals surface area contributed by atoms with Gasteiger partial charge in [0.25, 0.3) is 0 Å². The van der Waals surface area contributed by atoms with Crippen LogP contribution in [-0.4, -0.2) is 29.7 Å². The molecule has 0 bridgehead atoms. The predicted octanol–water partition coefficient (Wildman–Crippen LogP) is 1.08. The fourth-order valence-corrected chi connectivity index (χ4v) is 1.81. The molecular formula is C11H17N3O. The third kappa shape index (κ3) is 2.89. The number of aryl methyl sites for hydroxylation is 2. The average molecular weight is 207 g/mol. The number of nitrogens with one attached hydrogen (secondary N) is 1. The molecule has 1 aliphatic heterocycles. The lowest BCUT2D eigenvalue weighted by atomic mass is 10.1. The first kappa shape index (κ1) is 10.4. The Labute approximate surface area is 90.1 Å². The molecule has 82 valence electrons. The third-order valence-electron chi connectivity index (χ3n) is 2.57. The molecule has 1 aromatic heterocycles. The molecule has 1 atom stereocenters. The molecule has 1 saturated heterocycles. The van der Waals surface area contributed by atoms with Crippen LogP contribution < -0.4 is 10.1 Å². The van der Waals surface area contributed by atoms with E-state index in [0.717, 1.165) is 31.1 Å². The first-order chi connectivity index (χ1) is 7.24. The van der Waals surface area contributed by atoms with E-state index >= 15 is 0 Å². The van der Waals surface area contributed by atoms with Crippen LogP contribution in [0.4, 0.5) is 0 Å². The van der Waals surface area contributed by atoms with E-state index in [1.165, 1.54) is 6.42 Å². The van der Waals surface area contributed by atoms with E-state index in [1.807, 2.05) is 19.9 Å². The molecule has 15 heavy (non-hydrogen) atoms. The number of aromatic nitrogens is 2. The zero-order valence-electron chi connectivity index (χ0n) is 9.29. The SMILES string of the molecule is Cc1cc(C)nc(OC[C@H]2CCNC2)n1. The maximum Gasteiger partial charge on any atom is 0.316 e. The van der Waals surface area contributed by atoms with E-state index in [4.69, 9.17) is 4.74 Å². The molecule has 1 aliphatic rings. The molecule has 4 nitrogen and oxygen atoms in total. The smallest absolute Gasteiger partial charge is 0.316 e. The van der Waals surface area contributed by atoms with E-state index in [1.54, 1.807) is 0 Å². The van der Waals surface area contributed by atoms with Gasteiger partial charge < -0.3 is 10.1 Å². The van der Waals surface area contributed by atoms with Crippen molar-refractivity contribution in [1.82, 2.24) is 15.3 Å². The van der Waals surface area contributed by atoms with E-state index in [0.29, 0.717) is 11.9 Å². The molecule has 2 heterocycles. The summed E-state index contributed by atoms with van der Waals surface area (Å²) in [7, 11) is 0. The van der Waals surface area contributed by atoms with Crippen molar-refractivity contribution in [3.05, 3.63) is 17.5 Å². The van der Waals surface area contributed by atoms with Crippen LogP contribution in [0.2, 0.25) is 0 Å². The maximum atomic E-state index is 5.59. The molecule has 0 aromatic carbocycles. The summed E-state index contributed by atoms with van der Waals surface area (Å²) in [6.07, 6.45) is 1.19. The minimum Gasteiger partial charge on any atom is -0.463 e. The molecule has 1 aromatic rings. The second kappa shape index (κ2) is 4.57. The van der Waals surface area contributed by atoms with Crippen LogP contribution in [0.25, 0.3) is 0 Å². The topological polar surface area (TPSA) is 47.0 Å². The van der Waals surface area contributed by atoms with Gasteiger partial charge in [0.05, 0.1) is 6.61 Å². The number of hydrogen-bond acceptors (Lipinski definition) is 4. The summed E-state index contributed by atoms with van der Waals surface area (Å²) >= 11 is 0. The first-order valence-corrected chi connectivity index (χ1v) is 5.40. The zero-order chi connectivity index (χ0) is 10.7. The quantitative estimate of drug-likeness (QED) is 0.805. The monoisotopic (exact) mass is 207 g/mol. The lowest BCUT2D eigenvalue weighted by Crippen LogP contribution is -2.16. The Bertz CT molecular complexity index is 314. The summed E-state index contributed by atoms with van der Waals surface area (Å²) < 4.78 is 5.59. The van der Waals surface area contributed by atoms with Crippen LogP contribution in [0.3, 0.4) is 0 Å². The molecule has 0 unspecified atom stereocenters. The van der Waals surface area contributed by atoms with Crippen molar-refractivity contribution in [2.24, 2.45) is 5.92 Å². The Kier molecular flexibility index (Phi) is 3.16. The van der Waals surface area contributed by atoms with Crippen LogP contribution in [0.15, 0.2) is 6.07 Å². The molecule has 0 radical (unpaired) electrons. The number of ether oxygens (including phenoxy) is 1. The van der Waals surface area contributed by atoms with Gasteiger partial charge in [-0.05, 0) is 32.9 Å². The highest BCUT2D eigenvalue weighted by atomic mass is 16.5. The van der Waals surface area contributed by atoms with E-state index < -0.39 is 0 Å². The highest BCUT2D eigenvalue weighted by molar-refractivity contribution is 5.10. The van der Waals surface area contributed by atoms with E-state index in [2.05, 4.69) is 15.3 Å². The maximum absolute atomic E-state index is 5.59. The summed E-state index contributed by atoms with van der Waals surface area (Å²) in [6, 6.07) is 2.46. The summed E-state index contributed by atoms with van der Waals surface area (Å²) in [6.45, 7) is 6.78. The van der Waals surface area contributed by atoms with Crippen LogP contribution >= 0.6 is 0 Å². The Morgan fingerprint density at radius 2 is 2.13 bits per heavy atom. The van der Waals surface area contributed by atoms with Crippen molar-refractivity contribution in [3.8, 4) is 6.01 Å². The third-order valence-corrected chi connectivity index (χ3v) is 2.57. The van der Waals surface area contributed by atoms with Gasteiger partial charge in [-0.2, -0.15) is 0 Å². The molecule has 4 heteroatoms. The minimum atomic E-state index is 0.513. The normalized spacial score (nSPS) is 20.5. The van der Waals surface area contributed by atoms with Crippen molar-refractivity contribution in [3.63, 3.8) is 0 Å². The highest BCUT2D eigenvalue weighted by Gasteiger charge is 2.15. The first-order valence-electron chi connectivity index (χ1n) is 5.40. The fourth-order valence-electron chi connectivity index (χ4n) is 1.81. The molecule has 0 amide bonds. The second-order valence-electron chi connectivity index (χ2n) is 4.10. The lowest BCUT2D eigenvalue weighted by Gasteiger charge is -2.09. The zero-order valence-corrected chi connectivity index (χ0v) is 9.29. The van der Waals surface area contributed by atoms with Crippen molar-refractivity contribution < 1.29 is 4.74 Å². The van der Waals surface area contributed by atoms with E-state index in [9.17, 15) is 0 Å². The summed E-state index contributed by atoms with van der Waals surface area (Å²) in [5.74, 6) is 0.606. The van der Waals surface area contributed by atoms with Gasteiger partial charge in [-0.3, -0.25) is 0 Å². The minimum absolute atomic E-state index is 0.513. The van der Waals surface area contributed by atoms with Crippen molar-refractivity contribution in [1.29, 1.82) is 0 Å². The second-order valence-corrected chi connectivity index (χ2v) is 4.10. The van der Waals surface area contributed by atoms with Crippen LogP contribution in [0.5, 0.6) is 6.01 Å². The van der Waals surface area contributed by atoms with Crippen molar-refractivity contribution in [2.45, 2.75) is 20.3 Å². The molecule has 0 saturated carbocycles. The number of nitrogens with zero attached hydrogens (tertiary/aromatic N) is 2. The Morgan fingerprint density at radius 3 is 2.73 bits per heavy atom. The standard InChI is InChI=1S/C11H17N3O/c1-8-5-9(2)14-11(13-8)15-7-10-3-4-12-6-10/h5,10,12H,3-4,6-7H2,1-2H3/t10-/m0/s1. The Morgan fingerprint density at radius 1 is 1.40 bits per heavy atom. The fraction of sp³-hybridized carbons (Fsp3) is 0.636. The van der Waals surface area contributed by atoms with Gasteiger partial charge in [0.15, 0.2) is 0 Å². The van der Waals surface area contributed by atoms with Crippen LogP contribution in [-0.2, 0) is 0 Å². The number of rotatable bonds is 3. The van der Waals surface area contributed by atoms with Gasteiger partial charge >= 0.3 is 6.01 Å². The Hall–Kier alpha value is -1.16. The van der Waals surface area contributed by atoms with Gasteiger partial charge in [0, 0.05) is 23.9 Å². The van der Waals surface area contributed by atoms with Gasteiger partial charge in [0.2, 0.25) is 0 Å². The molecule has 1 N–H and O–H groups in total. The predicted molar refractivity (Wildman–Crippen MR) is 58.0 cm³/mol. The summed E-state index contributed by atoms with van der Waals surface area (Å²) in [4.78, 5) is 8.48. The Balaban J connectivity index is 1.92. The van der Waals surface area contributed by atoms with Gasteiger partial charge in [0.1, 0.15) is 0 Å². The van der Waals surface area contributed by atoms with Gasteiger partial charge in [-0.1, -0.05) is 0 Å². The molecule has 1 fully saturated rings. The lowest BCUT2D eigenvalue weighted by molar-refractivity contribution is 0.240. The molecule has 0 spiro atoms. The summed E-state index contributed by atoms with van der Waals surface area (Å²) in [5.41, 5.74) is 1.92. The molecular weight excluding hydrogens is 190 g/mol. The average Bonchev–Trinajstić information content (AvgIpc) is 2.65. The largest absolute Gasteiger partial charge is 0.463 e. The highest BCUT2D eigenvalue weighted by Crippen LogP contribution is 2.11. The van der Waals surface area contributed by atoms with Gasteiger partial charge in [-0.25, -0.2) is 9.97 Å². The van der Waals surface area contributed by atoms with E-state index in [-0.39, 0.29) is 0 Å². The molecule has 2 rings (SSSR count).